The van der Waals surface area contributed by atoms with Gasteiger partial charge in [0.2, 0.25) is 0 Å². The number of morpholine rings is 1. The molecular weight excluding hydrogens is 375 g/mol. The number of anilines is 1. The molecule has 0 amide bonds. The quantitative estimate of drug-likeness (QED) is 0.459. The van der Waals surface area contributed by atoms with Crippen molar-refractivity contribution in [2.75, 3.05) is 57.9 Å². The Morgan fingerprint density at radius 2 is 2.00 bits per heavy atom. The van der Waals surface area contributed by atoms with Crippen molar-refractivity contribution in [1.82, 2.24) is 10.2 Å². The van der Waals surface area contributed by atoms with Crippen LogP contribution in [0.5, 0.6) is 0 Å². The fourth-order valence-corrected chi connectivity index (χ4v) is 3.80. The van der Waals surface area contributed by atoms with Gasteiger partial charge in [-0.2, -0.15) is 0 Å². The van der Waals surface area contributed by atoms with E-state index in [1.165, 1.54) is 7.11 Å². The molecule has 2 heterocycles. The highest BCUT2D eigenvalue weighted by atomic mass is 19.1. The van der Waals surface area contributed by atoms with E-state index in [1.807, 2.05) is 24.0 Å². The van der Waals surface area contributed by atoms with Crippen LogP contribution in [0.15, 0.2) is 23.2 Å². The van der Waals surface area contributed by atoms with Gasteiger partial charge >= 0.3 is 5.97 Å². The lowest BCUT2D eigenvalue weighted by atomic mass is 9.97. The highest BCUT2D eigenvalue weighted by Crippen LogP contribution is 2.22. The third-order valence-electron chi connectivity index (χ3n) is 5.44. The summed E-state index contributed by atoms with van der Waals surface area (Å²) in [6, 6.07) is 5.34. The third-order valence-corrected chi connectivity index (χ3v) is 5.44. The van der Waals surface area contributed by atoms with Crippen LogP contribution in [0.25, 0.3) is 0 Å². The third kappa shape index (κ3) is 5.59. The van der Waals surface area contributed by atoms with Crippen LogP contribution in [-0.2, 0) is 20.8 Å². The predicted molar refractivity (Wildman–Crippen MR) is 111 cm³/mol. The molecule has 29 heavy (non-hydrogen) atoms. The summed E-state index contributed by atoms with van der Waals surface area (Å²) in [6.45, 7) is 7.34. The van der Waals surface area contributed by atoms with Crippen LogP contribution in [-0.4, -0.2) is 69.9 Å². The van der Waals surface area contributed by atoms with Gasteiger partial charge in [-0.15, -0.1) is 0 Å². The van der Waals surface area contributed by atoms with Gasteiger partial charge in [-0.25, -0.2) is 9.38 Å². The number of halogens is 1. The Morgan fingerprint density at radius 1 is 1.28 bits per heavy atom. The zero-order valence-electron chi connectivity index (χ0n) is 17.3. The summed E-state index contributed by atoms with van der Waals surface area (Å²) in [5, 5.41) is 3.30. The van der Waals surface area contributed by atoms with Crippen molar-refractivity contribution in [3.05, 3.63) is 29.6 Å². The SMILES string of the molecule is CCNC(=NCc1ccc(N2CCOCC2)c(F)c1)N1CCC(C(=O)OC)CC1. The number of benzene rings is 1. The van der Waals surface area contributed by atoms with E-state index >= 15 is 0 Å². The van der Waals surface area contributed by atoms with E-state index in [2.05, 4.69) is 10.2 Å². The average Bonchev–Trinajstić information content (AvgIpc) is 2.77. The van der Waals surface area contributed by atoms with Gasteiger partial charge in [0, 0.05) is 32.7 Å². The Morgan fingerprint density at radius 3 is 2.62 bits per heavy atom. The van der Waals surface area contributed by atoms with E-state index in [-0.39, 0.29) is 17.7 Å². The summed E-state index contributed by atoms with van der Waals surface area (Å²) in [5.74, 6) is 0.403. The topological polar surface area (TPSA) is 66.4 Å². The lowest BCUT2D eigenvalue weighted by molar-refractivity contribution is -0.146. The van der Waals surface area contributed by atoms with Crippen LogP contribution >= 0.6 is 0 Å². The molecule has 1 aromatic carbocycles. The van der Waals surface area contributed by atoms with Gasteiger partial charge in [-0.1, -0.05) is 6.07 Å². The van der Waals surface area contributed by atoms with E-state index in [1.54, 1.807) is 6.07 Å². The predicted octanol–water partition coefficient (Wildman–Crippen LogP) is 2.01. The van der Waals surface area contributed by atoms with Gasteiger partial charge in [0.15, 0.2) is 5.96 Å². The first-order chi connectivity index (χ1) is 14.1. The normalized spacial score (nSPS) is 18.7. The molecule has 2 aliphatic heterocycles. The van der Waals surface area contributed by atoms with Crippen molar-refractivity contribution in [3.63, 3.8) is 0 Å². The van der Waals surface area contributed by atoms with Gasteiger partial charge in [-0.3, -0.25) is 4.79 Å². The van der Waals surface area contributed by atoms with Gasteiger partial charge in [-0.05, 0) is 37.5 Å². The van der Waals surface area contributed by atoms with E-state index in [0.29, 0.717) is 38.5 Å². The molecule has 0 aliphatic carbocycles. The average molecular weight is 407 g/mol. The largest absolute Gasteiger partial charge is 0.469 e. The van der Waals surface area contributed by atoms with Crippen LogP contribution in [0.2, 0.25) is 0 Å². The number of guanidine groups is 1. The molecule has 1 N–H and O–H groups in total. The maximum atomic E-state index is 14.6. The standard InChI is InChI=1S/C21H31FN4O3/c1-3-23-21(26-8-6-17(7-9-26)20(27)28-2)24-15-16-4-5-19(18(22)14-16)25-10-12-29-13-11-25/h4-5,14,17H,3,6-13,15H2,1-2H3,(H,23,24). The molecule has 160 valence electrons. The second-order valence-corrected chi connectivity index (χ2v) is 7.34. The van der Waals surface area contributed by atoms with Crippen LogP contribution in [0.1, 0.15) is 25.3 Å². The van der Waals surface area contributed by atoms with Gasteiger partial charge in [0.05, 0.1) is 38.5 Å². The number of hydrogen-bond acceptors (Lipinski definition) is 5. The molecule has 8 heteroatoms. The Kier molecular flexibility index (Phi) is 7.69. The highest BCUT2D eigenvalue weighted by molar-refractivity contribution is 5.80. The van der Waals surface area contributed by atoms with Gasteiger partial charge in [0.25, 0.3) is 0 Å². The Balaban J connectivity index is 1.63. The number of carbonyl (C=O) groups excluding carboxylic acids is 1. The zero-order chi connectivity index (χ0) is 20.6. The number of ether oxygens (including phenoxy) is 2. The number of nitrogens with zero attached hydrogens (tertiary/aromatic N) is 3. The van der Waals surface area contributed by atoms with E-state index < -0.39 is 0 Å². The molecule has 0 aromatic heterocycles. The second-order valence-electron chi connectivity index (χ2n) is 7.34. The maximum Gasteiger partial charge on any atom is 0.308 e. The van der Waals surface area contributed by atoms with Crippen molar-refractivity contribution in [2.45, 2.75) is 26.3 Å². The van der Waals surface area contributed by atoms with Crippen molar-refractivity contribution < 1.29 is 18.7 Å². The van der Waals surface area contributed by atoms with Crippen molar-refractivity contribution in [3.8, 4) is 0 Å². The van der Waals surface area contributed by atoms with E-state index in [9.17, 15) is 9.18 Å². The van der Waals surface area contributed by atoms with Gasteiger partial charge < -0.3 is 24.6 Å². The summed E-state index contributed by atoms with van der Waals surface area (Å²) >= 11 is 0. The molecule has 2 aliphatic rings. The van der Waals surface area contributed by atoms with Gasteiger partial charge in [0.1, 0.15) is 5.82 Å². The zero-order valence-corrected chi connectivity index (χ0v) is 17.3. The smallest absolute Gasteiger partial charge is 0.308 e. The van der Waals surface area contributed by atoms with Crippen LogP contribution in [0.4, 0.5) is 10.1 Å². The molecular formula is C21H31FN4O3. The summed E-state index contributed by atoms with van der Waals surface area (Å²) in [7, 11) is 1.43. The van der Waals surface area contributed by atoms with Crippen LogP contribution < -0.4 is 10.2 Å². The summed E-state index contributed by atoms with van der Waals surface area (Å²) in [4.78, 5) is 20.6. The minimum absolute atomic E-state index is 0.0408. The molecule has 2 fully saturated rings. The number of nitrogens with one attached hydrogen (secondary N) is 1. The highest BCUT2D eigenvalue weighted by Gasteiger charge is 2.27. The number of hydrogen-bond donors (Lipinski definition) is 1. The number of aliphatic imine (C=N–C) groups is 1. The monoisotopic (exact) mass is 406 g/mol. The lowest BCUT2D eigenvalue weighted by Gasteiger charge is -2.33. The summed E-state index contributed by atoms with van der Waals surface area (Å²) in [6.07, 6.45) is 1.50. The fourth-order valence-electron chi connectivity index (χ4n) is 3.80. The molecule has 1 aromatic rings. The van der Waals surface area contributed by atoms with Crippen LogP contribution in [0, 0.1) is 11.7 Å². The minimum Gasteiger partial charge on any atom is -0.469 e. The summed E-state index contributed by atoms with van der Waals surface area (Å²) < 4.78 is 24.8. The molecule has 7 nitrogen and oxygen atoms in total. The lowest BCUT2D eigenvalue weighted by Crippen LogP contribution is -2.46. The maximum absolute atomic E-state index is 14.6. The van der Waals surface area contributed by atoms with E-state index in [0.717, 1.165) is 44.0 Å². The van der Waals surface area contributed by atoms with Crippen molar-refractivity contribution >= 4 is 17.6 Å². The Bertz CT molecular complexity index is 714. The molecule has 0 spiro atoms. The van der Waals surface area contributed by atoms with Crippen LogP contribution in [0.3, 0.4) is 0 Å². The molecule has 0 bridgehead atoms. The van der Waals surface area contributed by atoms with Crippen molar-refractivity contribution in [2.24, 2.45) is 10.9 Å². The van der Waals surface area contributed by atoms with Crippen molar-refractivity contribution in [1.29, 1.82) is 0 Å². The molecule has 0 radical (unpaired) electrons. The number of likely N-dealkylation sites (tertiary alicyclic amines) is 1. The minimum atomic E-state index is -0.219. The molecule has 0 saturated carbocycles. The second kappa shape index (κ2) is 10.4. The molecule has 0 atom stereocenters. The fraction of sp³-hybridized carbons (Fsp3) is 0.619. The first-order valence-corrected chi connectivity index (χ1v) is 10.3. The number of piperidine rings is 1. The molecule has 0 unspecified atom stereocenters. The Hall–Kier alpha value is -2.35. The summed E-state index contributed by atoms with van der Waals surface area (Å²) in [5.41, 5.74) is 1.46. The Labute approximate surface area is 171 Å². The first kappa shape index (κ1) is 21.4. The van der Waals surface area contributed by atoms with E-state index in [4.69, 9.17) is 14.5 Å². The first-order valence-electron chi connectivity index (χ1n) is 10.3. The molecule has 3 rings (SSSR count). The molecule has 2 saturated heterocycles. The number of carbonyl (C=O) groups is 1. The number of esters is 1. The number of methoxy groups -OCH3 is 1. The number of rotatable bonds is 5.